The summed E-state index contributed by atoms with van der Waals surface area (Å²) in [7, 11) is 0. The molecular formula is C22H26N6O2. The zero-order chi connectivity index (χ0) is 20.6. The minimum atomic E-state index is -0.179. The van der Waals surface area contributed by atoms with Crippen molar-refractivity contribution in [3.8, 4) is 11.1 Å². The predicted octanol–water partition coefficient (Wildman–Crippen LogP) is 2.79. The second-order valence-electron chi connectivity index (χ2n) is 8.36. The largest absolute Gasteiger partial charge is 0.396 e. The van der Waals surface area contributed by atoms with Crippen LogP contribution < -0.4 is 10.6 Å². The molecule has 1 saturated heterocycles. The number of hydrogen-bond acceptors (Lipinski definition) is 8. The van der Waals surface area contributed by atoms with Gasteiger partial charge in [-0.3, -0.25) is 0 Å². The van der Waals surface area contributed by atoms with E-state index in [4.69, 9.17) is 15.2 Å². The molecule has 0 radical (unpaired) electrons. The van der Waals surface area contributed by atoms with Gasteiger partial charge in [0.25, 0.3) is 0 Å². The van der Waals surface area contributed by atoms with E-state index in [9.17, 15) is 5.11 Å². The monoisotopic (exact) mass is 406 g/mol. The quantitative estimate of drug-likeness (QED) is 0.665. The Balaban J connectivity index is 1.37. The van der Waals surface area contributed by atoms with Gasteiger partial charge < -0.3 is 20.3 Å². The van der Waals surface area contributed by atoms with Crippen LogP contribution in [0.2, 0.25) is 0 Å². The van der Waals surface area contributed by atoms with Crippen molar-refractivity contribution in [2.24, 2.45) is 5.92 Å². The fraction of sp³-hybridized carbons (Fsp3) is 0.455. The van der Waals surface area contributed by atoms with Crippen molar-refractivity contribution in [1.29, 1.82) is 0 Å². The van der Waals surface area contributed by atoms with Crippen LogP contribution in [-0.4, -0.2) is 44.9 Å². The lowest BCUT2D eigenvalue weighted by Crippen LogP contribution is -2.37. The van der Waals surface area contributed by atoms with Gasteiger partial charge in [0, 0.05) is 37.7 Å². The highest BCUT2D eigenvalue weighted by atomic mass is 16.5. The number of aliphatic hydroxyl groups is 1. The molecule has 8 heteroatoms. The summed E-state index contributed by atoms with van der Waals surface area (Å²) in [5, 5.41) is 13.7. The first-order chi connectivity index (χ1) is 14.7. The number of nitrogens with two attached hydrogens (primary N) is 1. The van der Waals surface area contributed by atoms with E-state index in [2.05, 4.69) is 44.3 Å². The van der Waals surface area contributed by atoms with Crippen LogP contribution in [0.4, 0.5) is 12.0 Å². The molecule has 3 N–H and O–H groups in total. The number of rotatable bonds is 5. The Bertz CT molecular complexity index is 989. The number of benzene rings is 1. The fourth-order valence-corrected chi connectivity index (χ4v) is 4.49. The number of hydrogen-bond donors (Lipinski definition) is 2. The summed E-state index contributed by atoms with van der Waals surface area (Å²) in [6.07, 6.45) is 8.57. The Morgan fingerprint density at radius 2 is 1.77 bits per heavy atom. The summed E-state index contributed by atoms with van der Waals surface area (Å²) in [4.78, 5) is 15.1. The fourth-order valence-electron chi connectivity index (χ4n) is 4.49. The maximum Gasteiger partial charge on any atom is 0.324 e. The number of nitrogen functional groups attached to an aromatic ring is 1. The lowest BCUT2D eigenvalue weighted by atomic mass is 9.64. The Morgan fingerprint density at radius 1 is 1.07 bits per heavy atom. The molecule has 0 amide bonds. The number of aromatic nitrogens is 4. The highest BCUT2D eigenvalue weighted by Crippen LogP contribution is 2.48. The van der Waals surface area contributed by atoms with Crippen LogP contribution in [0.5, 0.6) is 0 Å². The van der Waals surface area contributed by atoms with E-state index >= 15 is 0 Å². The summed E-state index contributed by atoms with van der Waals surface area (Å²) in [6, 6.07) is 9.07. The molecule has 0 bridgehead atoms. The van der Waals surface area contributed by atoms with Gasteiger partial charge in [-0.15, -0.1) is 0 Å². The van der Waals surface area contributed by atoms with Crippen molar-refractivity contribution >= 4 is 12.0 Å². The van der Waals surface area contributed by atoms with Gasteiger partial charge in [-0.25, -0.2) is 9.97 Å². The van der Waals surface area contributed by atoms with E-state index in [1.807, 2.05) is 0 Å². The van der Waals surface area contributed by atoms with Gasteiger partial charge in [0.15, 0.2) is 5.82 Å². The number of nitrogens with zero attached hydrogens (tertiary/aromatic N) is 5. The first-order valence-electron chi connectivity index (χ1n) is 10.6. The molecule has 3 heterocycles. The molecule has 5 rings (SSSR count). The van der Waals surface area contributed by atoms with E-state index in [0.29, 0.717) is 11.9 Å². The van der Waals surface area contributed by atoms with Crippen LogP contribution in [0.25, 0.3) is 11.1 Å². The second kappa shape index (κ2) is 7.68. The summed E-state index contributed by atoms with van der Waals surface area (Å²) < 4.78 is 5.65. The lowest BCUT2D eigenvalue weighted by molar-refractivity contribution is 0.200. The number of aliphatic hydroxyl groups excluding tert-OH is 1. The number of piperidine rings is 1. The average Bonchev–Trinajstić information content (AvgIpc) is 3.24. The van der Waals surface area contributed by atoms with Crippen molar-refractivity contribution in [2.75, 3.05) is 30.3 Å². The first-order valence-corrected chi connectivity index (χ1v) is 10.6. The van der Waals surface area contributed by atoms with Crippen LogP contribution in [-0.2, 0) is 5.41 Å². The smallest absolute Gasteiger partial charge is 0.324 e. The molecule has 2 fully saturated rings. The lowest BCUT2D eigenvalue weighted by Gasteiger charge is -2.39. The molecule has 0 atom stereocenters. The van der Waals surface area contributed by atoms with E-state index in [1.165, 1.54) is 5.56 Å². The van der Waals surface area contributed by atoms with Gasteiger partial charge >= 0.3 is 6.01 Å². The van der Waals surface area contributed by atoms with E-state index in [-0.39, 0.29) is 18.0 Å². The minimum absolute atomic E-state index is 0.179. The molecule has 1 aliphatic heterocycles. The van der Waals surface area contributed by atoms with Crippen LogP contribution in [0, 0.1) is 5.92 Å². The maximum absolute atomic E-state index is 9.35. The van der Waals surface area contributed by atoms with Gasteiger partial charge in [-0.2, -0.15) is 4.98 Å². The van der Waals surface area contributed by atoms with E-state index < -0.39 is 0 Å². The second-order valence-corrected chi connectivity index (χ2v) is 8.36. The Kier molecular flexibility index (Phi) is 4.86. The first kappa shape index (κ1) is 19.0. The molecule has 0 unspecified atom stereocenters. The van der Waals surface area contributed by atoms with E-state index in [1.54, 1.807) is 12.4 Å². The van der Waals surface area contributed by atoms with Gasteiger partial charge in [0.2, 0.25) is 5.95 Å². The molecule has 8 nitrogen and oxygen atoms in total. The molecule has 1 aromatic carbocycles. The summed E-state index contributed by atoms with van der Waals surface area (Å²) in [5.74, 6) is 1.43. The maximum atomic E-state index is 9.35. The summed E-state index contributed by atoms with van der Waals surface area (Å²) in [5.41, 5.74) is 8.60. The van der Waals surface area contributed by atoms with Crippen molar-refractivity contribution in [3.63, 3.8) is 0 Å². The third kappa shape index (κ3) is 3.31. The Hall–Kier alpha value is -3.00. The average molecular weight is 406 g/mol. The standard InChI is InChI=1S/C22H26N6O2/c23-20-24-12-17(13-25-20)16-2-4-18(5-3-16)22(8-1-9-22)19-26-21(30-27-19)28-10-6-15(14-29)7-11-28/h2-5,12-13,15,29H,1,6-11,14H2,(H2,23,24,25). The van der Waals surface area contributed by atoms with Gasteiger partial charge in [0.1, 0.15) is 0 Å². The third-order valence-electron chi connectivity index (χ3n) is 6.64. The molecule has 156 valence electrons. The summed E-state index contributed by atoms with van der Waals surface area (Å²) in [6.45, 7) is 1.95. The molecule has 1 saturated carbocycles. The van der Waals surface area contributed by atoms with Gasteiger partial charge in [0.05, 0.1) is 5.41 Å². The third-order valence-corrected chi connectivity index (χ3v) is 6.64. The molecule has 30 heavy (non-hydrogen) atoms. The zero-order valence-corrected chi connectivity index (χ0v) is 16.9. The minimum Gasteiger partial charge on any atom is -0.396 e. The molecule has 1 aliphatic carbocycles. The SMILES string of the molecule is Nc1ncc(-c2ccc(C3(c4noc(N5CCC(CO)CC5)n4)CCC3)cc2)cn1. The highest BCUT2D eigenvalue weighted by Gasteiger charge is 2.44. The molecule has 0 spiro atoms. The number of anilines is 2. The Labute approximate surface area is 175 Å². The van der Waals surface area contributed by atoms with Crippen LogP contribution in [0.1, 0.15) is 43.5 Å². The highest BCUT2D eigenvalue weighted by molar-refractivity contribution is 5.62. The molecule has 3 aromatic rings. The van der Waals surface area contributed by atoms with Crippen LogP contribution in [0.3, 0.4) is 0 Å². The van der Waals surface area contributed by atoms with Crippen molar-refractivity contribution < 1.29 is 9.63 Å². The van der Waals surface area contributed by atoms with E-state index in [0.717, 1.165) is 62.1 Å². The molecule has 2 aliphatic rings. The van der Waals surface area contributed by atoms with Gasteiger partial charge in [-0.05, 0) is 42.7 Å². The summed E-state index contributed by atoms with van der Waals surface area (Å²) >= 11 is 0. The van der Waals surface area contributed by atoms with Crippen molar-refractivity contribution in [1.82, 2.24) is 20.1 Å². The zero-order valence-electron chi connectivity index (χ0n) is 16.9. The van der Waals surface area contributed by atoms with Crippen LogP contribution in [0.15, 0.2) is 41.2 Å². The topological polar surface area (TPSA) is 114 Å². The van der Waals surface area contributed by atoms with Crippen LogP contribution >= 0.6 is 0 Å². The Morgan fingerprint density at radius 3 is 2.37 bits per heavy atom. The predicted molar refractivity (Wildman–Crippen MR) is 113 cm³/mol. The van der Waals surface area contributed by atoms with Crippen molar-refractivity contribution in [3.05, 3.63) is 48.0 Å². The molecule has 2 aromatic heterocycles. The van der Waals surface area contributed by atoms with Crippen molar-refractivity contribution in [2.45, 2.75) is 37.5 Å². The normalized spacial score (nSPS) is 18.9. The van der Waals surface area contributed by atoms with Gasteiger partial charge in [-0.1, -0.05) is 35.8 Å². The molecular weight excluding hydrogens is 380 g/mol.